The Morgan fingerprint density at radius 1 is 1.09 bits per heavy atom. The highest BCUT2D eigenvalue weighted by Crippen LogP contribution is 2.36. The largest absolute Gasteiger partial charge is 0.494 e. The van der Waals surface area contributed by atoms with Crippen LogP contribution in [0.4, 0.5) is 10.8 Å². The van der Waals surface area contributed by atoms with E-state index in [1.54, 1.807) is 55.5 Å². The van der Waals surface area contributed by atoms with Crippen molar-refractivity contribution < 1.29 is 17.9 Å². The van der Waals surface area contributed by atoms with Gasteiger partial charge in [0.15, 0.2) is 5.13 Å². The standard InChI is InChI=1S/C22H18ClN3O4S2/c1-13-16(23)9-6-10-19(13)32(28,29)26-15-11-17(30-2)20-18(12-15)31-22(24-20)25-21(27)14-7-4-3-5-8-14/h3-12,26H,1-2H3,(H,24,25,27). The molecule has 0 radical (unpaired) electrons. The molecule has 3 aromatic carbocycles. The monoisotopic (exact) mass is 487 g/mol. The summed E-state index contributed by atoms with van der Waals surface area (Å²) in [5, 5.41) is 3.50. The van der Waals surface area contributed by atoms with E-state index in [0.29, 0.717) is 42.9 Å². The highest BCUT2D eigenvalue weighted by molar-refractivity contribution is 7.92. The Kier molecular flexibility index (Phi) is 6.05. The molecular formula is C22H18ClN3O4S2. The van der Waals surface area contributed by atoms with E-state index in [9.17, 15) is 13.2 Å². The van der Waals surface area contributed by atoms with E-state index in [0.717, 1.165) is 0 Å². The SMILES string of the molecule is COc1cc(NS(=O)(=O)c2cccc(Cl)c2C)cc2sc(NC(=O)c3ccccc3)nc12. The van der Waals surface area contributed by atoms with Crippen molar-refractivity contribution in [3.8, 4) is 5.75 Å². The third-order valence-corrected chi connectivity index (χ3v) is 7.55. The summed E-state index contributed by atoms with van der Waals surface area (Å²) in [5.41, 5.74) is 1.78. The van der Waals surface area contributed by atoms with Gasteiger partial charge in [-0.15, -0.1) is 0 Å². The van der Waals surface area contributed by atoms with Crippen molar-refractivity contribution in [2.45, 2.75) is 11.8 Å². The smallest absolute Gasteiger partial charge is 0.262 e. The van der Waals surface area contributed by atoms with Gasteiger partial charge in [-0.1, -0.05) is 47.2 Å². The molecule has 0 fully saturated rings. The number of ether oxygens (including phenoxy) is 1. The Hall–Kier alpha value is -3.14. The van der Waals surface area contributed by atoms with Crippen LogP contribution in [0.15, 0.2) is 65.6 Å². The molecule has 0 aliphatic rings. The zero-order chi connectivity index (χ0) is 22.9. The van der Waals surface area contributed by atoms with Crippen LogP contribution in [0.2, 0.25) is 5.02 Å². The van der Waals surface area contributed by atoms with Gasteiger partial charge in [-0.2, -0.15) is 0 Å². The molecule has 1 amide bonds. The van der Waals surface area contributed by atoms with Gasteiger partial charge < -0.3 is 4.74 Å². The number of anilines is 2. The number of hydrogen-bond donors (Lipinski definition) is 2. The topological polar surface area (TPSA) is 97.4 Å². The van der Waals surface area contributed by atoms with Crippen LogP contribution in [0.3, 0.4) is 0 Å². The fraction of sp³-hybridized carbons (Fsp3) is 0.0909. The molecule has 32 heavy (non-hydrogen) atoms. The summed E-state index contributed by atoms with van der Waals surface area (Å²) in [6.07, 6.45) is 0. The van der Waals surface area contributed by atoms with Crippen LogP contribution in [0.5, 0.6) is 5.75 Å². The van der Waals surface area contributed by atoms with Crippen molar-refractivity contribution in [3.05, 3.63) is 76.8 Å². The zero-order valence-electron chi connectivity index (χ0n) is 17.0. The maximum atomic E-state index is 12.9. The summed E-state index contributed by atoms with van der Waals surface area (Å²) in [6, 6.07) is 16.7. The number of sulfonamides is 1. The van der Waals surface area contributed by atoms with E-state index < -0.39 is 10.0 Å². The summed E-state index contributed by atoms with van der Waals surface area (Å²) in [4.78, 5) is 17.0. The summed E-state index contributed by atoms with van der Waals surface area (Å²) in [6.45, 7) is 1.64. The van der Waals surface area contributed by atoms with Crippen LogP contribution in [-0.4, -0.2) is 26.4 Å². The minimum atomic E-state index is -3.88. The number of halogens is 1. The van der Waals surface area contributed by atoms with Gasteiger partial charge in [-0.05, 0) is 42.8 Å². The number of nitrogens with zero attached hydrogens (tertiary/aromatic N) is 1. The molecule has 0 aliphatic heterocycles. The van der Waals surface area contributed by atoms with Crippen LogP contribution in [-0.2, 0) is 10.0 Å². The molecular weight excluding hydrogens is 470 g/mol. The lowest BCUT2D eigenvalue weighted by Gasteiger charge is -2.12. The lowest BCUT2D eigenvalue weighted by atomic mass is 10.2. The normalized spacial score (nSPS) is 11.3. The number of rotatable bonds is 6. The number of fused-ring (bicyclic) bond motifs is 1. The highest BCUT2D eigenvalue weighted by Gasteiger charge is 2.20. The van der Waals surface area contributed by atoms with E-state index in [1.807, 2.05) is 6.07 Å². The molecule has 0 saturated heterocycles. The van der Waals surface area contributed by atoms with Gasteiger partial charge in [0.1, 0.15) is 11.3 Å². The van der Waals surface area contributed by atoms with Gasteiger partial charge in [-0.25, -0.2) is 13.4 Å². The molecule has 164 valence electrons. The third kappa shape index (κ3) is 4.40. The van der Waals surface area contributed by atoms with Crippen LogP contribution in [0, 0.1) is 6.92 Å². The fourth-order valence-electron chi connectivity index (χ4n) is 3.11. The average Bonchev–Trinajstić information content (AvgIpc) is 3.17. The van der Waals surface area contributed by atoms with Crippen molar-refractivity contribution in [2.75, 3.05) is 17.1 Å². The summed E-state index contributed by atoms with van der Waals surface area (Å²) < 4.78 is 34.5. The Balaban J connectivity index is 1.67. The second-order valence-electron chi connectivity index (χ2n) is 6.83. The number of nitrogens with one attached hydrogen (secondary N) is 2. The van der Waals surface area contributed by atoms with Crippen molar-refractivity contribution in [1.82, 2.24) is 4.98 Å². The second-order valence-corrected chi connectivity index (χ2v) is 9.92. The first-order chi connectivity index (χ1) is 15.3. The molecule has 0 saturated carbocycles. The molecule has 0 bridgehead atoms. The highest BCUT2D eigenvalue weighted by atomic mass is 35.5. The predicted molar refractivity (Wildman–Crippen MR) is 128 cm³/mol. The van der Waals surface area contributed by atoms with Crippen LogP contribution in [0.1, 0.15) is 15.9 Å². The second kappa shape index (κ2) is 8.78. The Labute approximate surface area is 194 Å². The molecule has 0 aliphatic carbocycles. The van der Waals surface area contributed by atoms with Crippen molar-refractivity contribution in [3.63, 3.8) is 0 Å². The number of thiazole rings is 1. The number of carbonyl (C=O) groups excluding carboxylic acids is 1. The van der Waals surface area contributed by atoms with E-state index >= 15 is 0 Å². The van der Waals surface area contributed by atoms with Crippen molar-refractivity contribution in [1.29, 1.82) is 0 Å². The van der Waals surface area contributed by atoms with Gasteiger partial charge in [0, 0.05) is 16.7 Å². The van der Waals surface area contributed by atoms with Gasteiger partial charge in [0.25, 0.3) is 15.9 Å². The first kappa shape index (κ1) is 22.1. The number of benzene rings is 3. The average molecular weight is 488 g/mol. The molecule has 1 heterocycles. The molecule has 4 rings (SSSR count). The number of amides is 1. The van der Waals surface area contributed by atoms with E-state index in [-0.39, 0.29) is 10.8 Å². The lowest BCUT2D eigenvalue weighted by Crippen LogP contribution is -2.14. The maximum absolute atomic E-state index is 12.9. The van der Waals surface area contributed by atoms with Gasteiger partial charge in [-0.3, -0.25) is 14.8 Å². The Morgan fingerprint density at radius 3 is 2.56 bits per heavy atom. The van der Waals surface area contributed by atoms with E-state index in [4.69, 9.17) is 16.3 Å². The van der Waals surface area contributed by atoms with Gasteiger partial charge in [0.05, 0.1) is 22.4 Å². The zero-order valence-corrected chi connectivity index (χ0v) is 19.4. The third-order valence-electron chi connectivity index (χ3n) is 4.70. The van der Waals surface area contributed by atoms with Crippen LogP contribution < -0.4 is 14.8 Å². The summed E-state index contributed by atoms with van der Waals surface area (Å²) in [5.74, 6) is 0.0838. The Morgan fingerprint density at radius 2 is 1.84 bits per heavy atom. The molecule has 4 aromatic rings. The maximum Gasteiger partial charge on any atom is 0.262 e. The number of hydrogen-bond acceptors (Lipinski definition) is 6. The molecule has 0 spiro atoms. The molecule has 10 heteroatoms. The van der Waals surface area contributed by atoms with Gasteiger partial charge in [0.2, 0.25) is 0 Å². The molecule has 7 nitrogen and oxygen atoms in total. The minimum absolute atomic E-state index is 0.0872. The predicted octanol–water partition coefficient (Wildman–Crippen LogP) is 5.32. The van der Waals surface area contributed by atoms with Crippen LogP contribution in [0.25, 0.3) is 10.2 Å². The summed E-state index contributed by atoms with van der Waals surface area (Å²) in [7, 11) is -2.42. The number of methoxy groups -OCH3 is 1. The van der Waals surface area contributed by atoms with Crippen molar-refractivity contribution in [2.24, 2.45) is 0 Å². The quantitative estimate of drug-likeness (QED) is 0.383. The van der Waals surface area contributed by atoms with Gasteiger partial charge >= 0.3 is 0 Å². The first-order valence-electron chi connectivity index (χ1n) is 9.41. The molecule has 1 aromatic heterocycles. The molecule has 2 N–H and O–H groups in total. The van der Waals surface area contributed by atoms with E-state index in [2.05, 4.69) is 15.0 Å². The van der Waals surface area contributed by atoms with Crippen molar-refractivity contribution >= 4 is 59.9 Å². The molecule has 0 atom stereocenters. The fourth-order valence-corrected chi connectivity index (χ4v) is 5.57. The number of aromatic nitrogens is 1. The van der Waals surface area contributed by atoms with Crippen LogP contribution >= 0.6 is 22.9 Å². The molecule has 0 unspecified atom stereocenters. The number of carbonyl (C=O) groups is 1. The minimum Gasteiger partial charge on any atom is -0.494 e. The summed E-state index contributed by atoms with van der Waals surface area (Å²) >= 11 is 7.30. The lowest BCUT2D eigenvalue weighted by molar-refractivity contribution is 0.102. The van der Waals surface area contributed by atoms with E-state index in [1.165, 1.54) is 24.5 Å². The Bertz CT molecular complexity index is 1420. The first-order valence-corrected chi connectivity index (χ1v) is 12.1.